The van der Waals surface area contributed by atoms with Crippen molar-refractivity contribution in [2.45, 2.75) is 10.6 Å². The quantitative estimate of drug-likeness (QED) is 0.742. The van der Waals surface area contributed by atoms with E-state index in [0.29, 0.717) is 0 Å². The van der Waals surface area contributed by atoms with Gasteiger partial charge in [-0.2, -0.15) is 5.10 Å². The van der Waals surface area contributed by atoms with Crippen molar-refractivity contribution in [2.24, 2.45) is 7.05 Å². The summed E-state index contributed by atoms with van der Waals surface area (Å²) in [7, 11) is 0.406. The van der Waals surface area contributed by atoms with Crippen LogP contribution >= 0.6 is 0 Å². The molecule has 5 heteroatoms. The summed E-state index contributed by atoms with van der Waals surface area (Å²) in [6.07, 6.45) is 0. The minimum atomic E-state index is -1.44. The summed E-state index contributed by atoms with van der Waals surface area (Å²) in [5.41, 5.74) is 1.71. The fraction of sp³-hybridized carbons (Fsp3) is 0.133. The number of para-hydroxylation sites is 1. The number of halogens is 1. The first-order valence-corrected chi connectivity index (χ1v) is 7.52. The van der Waals surface area contributed by atoms with Crippen molar-refractivity contribution in [1.82, 2.24) is 9.78 Å². The predicted octanol–water partition coefficient (Wildman–Crippen LogP) is 3.02. The molecule has 1 atom stereocenters. The number of fused-ring (bicyclic) bond motifs is 1. The zero-order chi connectivity index (χ0) is 14.1. The van der Waals surface area contributed by atoms with E-state index in [1.54, 1.807) is 22.9 Å². The van der Waals surface area contributed by atoms with Gasteiger partial charge in [0, 0.05) is 12.4 Å². The first-order chi connectivity index (χ1) is 9.66. The highest BCUT2D eigenvalue weighted by molar-refractivity contribution is 7.84. The summed E-state index contributed by atoms with van der Waals surface area (Å²) in [6.45, 7) is 0. The maximum absolute atomic E-state index is 13.6. The number of aryl methyl sites for hydroxylation is 1. The molecule has 1 aromatic heterocycles. The maximum atomic E-state index is 13.6. The molecule has 0 fully saturated rings. The Morgan fingerprint density at radius 1 is 1.15 bits per heavy atom. The third-order valence-electron chi connectivity index (χ3n) is 3.18. The smallest absolute Gasteiger partial charge is 0.139 e. The second-order valence-electron chi connectivity index (χ2n) is 4.51. The van der Waals surface area contributed by atoms with Crippen molar-refractivity contribution in [3.8, 4) is 0 Å². The zero-order valence-corrected chi connectivity index (χ0v) is 11.7. The predicted molar refractivity (Wildman–Crippen MR) is 77.2 cm³/mol. The van der Waals surface area contributed by atoms with E-state index in [0.717, 1.165) is 16.6 Å². The Bertz CT molecular complexity index is 797. The summed E-state index contributed by atoms with van der Waals surface area (Å²) in [5.74, 6) is -0.228. The number of hydrogen-bond acceptors (Lipinski definition) is 2. The van der Waals surface area contributed by atoms with E-state index < -0.39 is 16.6 Å². The second-order valence-corrected chi connectivity index (χ2v) is 5.93. The highest BCUT2D eigenvalue weighted by Crippen LogP contribution is 2.21. The van der Waals surface area contributed by atoms with E-state index in [9.17, 15) is 8.60 Å². The summed E-state index contributed by atoms with van der Waals surface area (Å²) in [4.78, 5) is 0.224. The fourth-order valence-corrected chi connectivity index (χ4v) is 3.36. The summed E-state index contributed by atoms with van der Waals surface area (Å²) in [6, 6.07) is 13.9. The van der Waals surface area contributed by atoms with Gasteiger partial charge in [-0.25, -0.2) is 4.39 Å². The molecule has 3 nitrogen and oxygen atoms in total. The topological polar surface area (TPSA) is 34.9 Å². The number of benzene rings is 2. The van der Waals surface area contributed by atoms with Crippen molar-refractivity contribution in [1.29, 1.82) is 0 Å². The molecule has 102 valence electrons. The van der Waals surface area contributed by atoms with Crippen molar-refractivity contribution in [2.75, 3.05) is 0 Å². The lowest BCUT2D eigenvalue weighted by Crippen LogP contribution is -2.01. The minimum absolute atomic E-state index is 0.211. The molecule has 3 rings (SSSR count). The van der Waals surface area contributed by atoms with Crippen LogP contribution in [-0.4, -0.2) is 14.0 Å². The highest BCUT2D eigenvalue weighted by Gasteiger charge is 2.14. The molecule has 1 heterocycles. The lowest BCUT2D eigenvalue weighted by Gasteiger charge is -2.02. The van der Waals surface area contributed by atoms with Crippen molar-refractivity contribution in [3.05, 3.63) is 60.0 Å². The molecular weight excluding hydrogens is 275 g/mol. The summed E-state index contributed by atoms with van der Waals surface area (Å²) in [5, 5.41) is 5.34. The first-order valence-electron chi connectivity index (χ1n) is 6.20. The van der Waals surface area contributed by atoms with E-state index in [-0.39, 0.29) is 10.6 Å². The normalized spacial score (nSPS) is 12.7. The standard InChI is InChI=1S/C15H13FN2OS/c1-18-14-8-4-2-6-11(14)13(17-18)10-20(19)15-9-5-3-7-12(15)16/h2-9H,10H2,1H3. The summed E-state index contributed by atoms with van der Waals surface area (Å²) >= 11 is 0. The Morgan fingerprint density at radius 2 is 1.85 bits per heavy atom. The van der Waals surface area contributed by atoms with Gasteiger partial charge in [0.2, 0.25) is 0 Å². The Labute approximate surface area is 118 Å². The van der Waals surface area contributed by atoms with Crippen LogP contribution in [0.2, 0.25) is 0 Å². The minimum Gasteiger partial charge on any atom is -0.268 e. The molecule has 1 unspecified atom stereocenters. The molecule has 3 aromatic rings. The molecule has 0 bridgehead atoms. The Morgan fingerprint density at radius 3 is 2.65 bits per heavy atom. The highest BCUT2D eigenvalue weighted by atomic mass is 32.2. The van der Waals surface area contributed by atoms with Crippen LogP contribution in [0.5, 0.6) is 0 Å². The lowest BCUT2D eigenvalue weighted by atomic mass is 10.2. The van der Waals surface area contributed by atoms with Gasteiger partial charge in [0.25, 0.3) is 0 Å². The van der Waals surface area contributed by atoms with E-state index >= 15 is 0 Å². The van der Waals surface area contributed by atoms with Gasteiger partial charge in [0.15, 0.2) is 0 Å². The summed E-state index contributed by atoms with van der Waals surface area (Å²) < 4.78 is 27.7. The molecule has 0 aliphatic heterocycles. The molecule has 0 N–H and O–H groups in total. The molecule has 0 radical (unpaired) electrons. The van der Waals surface area contributed by atoms with Crippen LogP contribution in [0, 0.1) is 5.82 Å². The van der Waals surface area contributed by atoms with E-state index in [1.165, 1.54) is 6.07 Å². The van der Waals surface area contributed by atoms with Gasteiger partial charge >= 0.3 is 0 Å². The third-order valence-corrected chi connectivity index (χ3v) is 4.54. The largest absolute Gasteiger partial charge is 0.268 e. The van der Waals surface area contributed by atoms with Crippen LogP contribution in [-0.2, 0) is 23.6 Å². The Hall–Kier alpha value is -2.01. The fourth-order valence-electron chi connectivity index (χ4n) is 2.23. The molecule has 0 spiro atoms. The number of nitrogens with zero attached hydrogens (tertiary/aromatic N) is 2. The molecule has 0 saturated carbocycles. The van der Waals surface area contributed by atoms with Crippen molar-refractivity contribution in [3.63, 3.8) is 0 Å². The third kappa shape index (κ3) is 2.25. The second kappa shape index (κ2) is 5.17. The molecular formula is C15H13FN2OS. The van der Waals surface area contributed by atoms with Crippen LogP contribution in [0.3, 0.4) is 0 Å². The van der Waals surface area contributed by atoms with Crippen LogP contribution in [0.25, 0.3) is 10.9 Å². The van der Waals surface area contributed by atoms with Crippen LogP contribution in [0.15, 0.2) is 53.4 Å². The maximum Gasteiger partial charge on any atom is 0.139 e. The van der Waals surface area contributed by atoms with Gasteiger partial charge in [-0.3, -0.25) is 8.89 Å². The van der Waals surface area contributed by atoms with E-state index in [1.807, 2.05) is 31.3 Å². The molecule has 0 aliphatic rings. The first kappa shape index (κ1) is 13.0. The van der Waals surface area contributed by atoms with Crippen LogP contribution < -0.4 is 0 Å². The van der Waals surface area contributed by atoms with Crippen LogP contribution in [0.4, 0.5) is 4.39 Å². The molecule has 0 amide bonds. The van der Waals surface area contributed by atoms with Gasteiger partial charge in [0.05, 0.1) is 32.7 Å². The molecule has 0 saturated heterocycles. The zero-order valence-electron chi connectivity index (χ0n) is 10.9. The van der Waals surface area contributed by atoms with E-state index in [2.05, 4.69) is 5.10 Å². The SMILES string of the molecule is Cn1nc(CS(=O)c2ccccc2F)c2ccccc21. The van der Waals surface area contributed by atoms with Gasteiger partial charge < -0.3 is 0 Å². The van der Waals surface area contributed by atoms with Gasteiger partial charge in [-0.1, -0.05) is 30.3 Å². The molecule has 2 aromatic carbocycles. The van der Waals surface area contributed by atoms with Gasteiger partial charge in [-0.05, 0) is 18.2 Å². The Balaban J connectivity index is 1.98. The lowest BCUT2D eigenvalue weighted by molar-refractivity contribution is 0.595. The number of aromatic nitrogens is 2. The van der Waals surface area contributed by atoms with E-state index in [4.69, 9.17) is 0 Å². The average molecular weight is 288 g/mol. The molecule has 0 aliphatic carbocycles. The van der Waals surface area contributed by atoms with Gasteiger partial charge in [-0.15, -0.1) is 0 Å². The average Bonchev–Trinajstić information content (AvgIpc) is 2.76. The molecule has 20 heavy (non-hydrogen) atoms. The van der Waals surface area contributed by atoms with Crippen LogP contribution in [0.1, 0.15) is 5.69 Å². The Kier molecular flexibility index (Phi) is 3.36. The van der Waals surface area contributed by atoms with Gasteiger partial charge in [0.1, 0.15) is 5.82 Å². The monoisotopic (exact) mass is 288 g/mol. The number of rotatable bonds is 3. The van der Waals surface area contributed by atoms with Crippen molar-refractivity contribution < 1.29 is 8.60 Å². The number of hydrogen-bond donors (Lipinski definition) is 0. The van der Waals surface area contributed by atoms with Crippen molar-refractivity contribution >= 4 is 21.7 Å².